The van der Waals surface area contributed by atoms with Gasteiger partial charge in [-0.1, -0.05) is 36.4 Å². The van der Waals surface area contributed by atoms with E-state index in [1.54, 1.807) is 18.2 Å². The average molecular weight is 341 g/mol. The van der Waals surface area contributed by atoms with E-state index < -0.39 is 24.4 Å². The van der Waals surface area contributed by atoms with Gasteiger partial charge in [-0.2, -0.15) is 0 Å². The van der Waals surface area contributed by atoms with Gasteiger partial charge >= 0.3 is 5.97 Å². The second kappa shape index (κ2) is 8.63. The van der Waals surface area contributed by atoms with Gasteiger partial charge in [0.15, 0.2) is 6.61 Å². The SMILES string of the molecule is COc1ccccc1C(=O)NC(=O)COC(=O)Cc1ccccc1C. The van der Waals surface area contributed by atoms with Gasteiger partial charge in [-0.15, -0.1) is 0 Å². The third kappa shape index (κ3) is 5.17. The van der Waals surface area contributed by atoms with Crippen LogP contribution in [0.4, 0.5) is 0 Å². The van der Waals surface area contributed by atoms with Crippen LogP contribution in [0.2, 0.25) is 0 Å². The number of carbonyl (C=O) groups is 3. The number of aryl methyl sites for hydroxylation is 1. The van der Waals surface area contributed by atoms with Crippen LogP contribution in [-0.2, 0) is 20.7 Å². The van der Waals surface area contributed by atoms with Crippen LogP contribution in [0.1, 0.15) is 21.5 Å². The van der Waals surface area contributed by atoms with E-state index in [0.29, 0.717) is 5.75 Å². The number of hydrogen-bond donors (Lipinski definition) is 1. The van der Waals surface area contributed by atoms with Crippen molar-refractivity contribution in [2.24, 2.45) is 0 Å². The quantitative estimate of drug-likeness (QED) is 0.813. The van der Waals surface area contributed by atoms with Gasteiger partial charge < -0.3 is 9.47 Å². The van der Waals surface area contributed by atoms with E-state index in [9.17, 15) is 14.4 Å². The Morgan fingerprint density at radius 1 is 1.00 bits per heavy atom. The van der Waals surface area contributed by atoms with Gasteiger partial charge in [-0.05, 0) is 30.2 Å². The summed E-state index contributed by atoms with van der Waals surface area (Å²) in [5.41, 5.74) is 2.03. The van der Waals surface area contributed by atoms with Crippen LogP contribution in [0.25, 0.3) is 0 Å². The van der Waals surface area contributed by atoms with E-state index in [4.69, 9.17) is 9.47 Å². The molecule has 0 fully saturated rings. The molecule has 25 heavy (non-hydrogen) atoms. The van der Waals surface area contributed by atoms with Crippen LogP contribution in [0.15, 0.2) is 48.5 Å². The first kappa shape index (κ1) is 18.2. The normalized spacial score (nSPS) is 10.0. The van der Waals surface area contributed by atoms with Crippen molar-refractivity contribution >= 4 is 17.8 Å². The molecule has 130 valence electrons. The highest BCUT2D eigenvalue weighted by Crippen LogP contribution is 2.16. The molecule has 0 spiro atoms. The minimum Gasteiger partial charge on any atom is -0.496 e. The summed E-state index contributed by atoms with van der Waals surface area (Å²) < 4.78 is 9.99. The molecule has 0 saturated heterocycles. The number of amides is 2. The summed E-state index contributed by atoms with van der Waals surface area (Å²) in [6.45, 7) is 1.37. The van der Waals surface area contributed by atoms with Crippen molar-refractivity contribution < 1.29 is 23.9 Å². The van der Waals surface area contributed by atoms with Crippen molar-refractivity contribution in [1.29, 1.82) is 0 Å². The standard InChI is InChI=1S/C19H19NO5/c1-13-7-3-4-8-14(13)11-18(22)25-12-17(21)20-19(23)15-9-5-6-10-16(15)24-2/h3-10H,11-12H2,1-2H3,(H,20,21,23). The molecule has 0 unspecified atom stereocenters. The maximum atomic E-state index is 12.1. The smallest absolute Gasteiger partial charge is 0.310 e. The molecule has 0 radical (unpaired) electrons. The highest BCUT2D eigenvalue weighted by Gasteiger charge is 2.16. The predicted octanol–water partition coefficient (Wildman–Crippen LogP) is 2.05. The Labute approximate surface area is 145 Å². The van der Waals surface area contributed by atoms with Gasteiger partial charge in [0.2, 0.25) is 0 Å². The third-order valence-corrected chi connectivity index (χ3v) is 3.56. The van der Waals surface area contributed by atoms with E-state index in [1.807, 2.05) is 31.2 Å². The Balaban J connectivity index is 1.85. The van der Waals surface area contributed by atoms with Crippen molar-refractivity contribution in [2.75, 3.05) is 13.7 Å². The number of hydrogen-bond acceptors (Lipinski definition) is 5. The van der Waals surface area contributed by atoms with Gasteiger partial charge in [0.1, 0.15) is 5.75 Å². The summed E-state index contributed by atoms with van der Waals surface area (Å²) >= 11 is 0. The number of para-hydroxylation sites is 1. The lowest BCUT2D eigenvalue weighted by Gasteiger charge is -2.09. The van der Waals surface area contributed by atoms with Gasteiger partial charge in [0, 0.05) is 0 Å². The monoisotopic (exact) mass is 341 g/mol. The molecule has 0 aliphatic rings. The Bertz CT molecular complexity index is 785. The summed E-state index contributed by atoms with van der Waals surface area (Å²) in [5.74, 6) is -1.50. The molecule has 0 bridgehead atoms. The average Bonchev–Trinajstić information content (AvgIpc) is 2.62. The van der Waals surface area contributed by atoms with Crippen LogP contribution in [-0.4, -0.2) is 31.5 Å². The molecule has 2 amide bonds. The number of esters is 1. The molecule has 0 aliphatic heterocycles. The van der Waals surface area contributed by atoms with E-state index in [0.717, 1.165) is 11.1 Å². The Hall–Kier alpha value is -3.15. The first-order valence-corrected chi connectivity index (χ1v) is 7.68. The van der Waals surface area contributed by atoms with Gasteiger partial charge in [-0.3, -0.25) is 19.7 Å². The molecule has 2 rings (SSSR count). The summed E-state index contributed by atoms with van der Waals surface area (Å²) in [5, 5.41) is 2.17. The Kier molecular flexibility index (Phi) is 6.28. The number of rotatable bonds is 6. The van der Waals surface area contributed by atoms with E-state index in [2.05, 4.69) is 5.32 Å². The minimum atomic E-state index is -0.700. The summed E-state index contributed by atoms with van der Waals surface area (Å²) in [6, 6.07) is 13.9. The lowest BCUT2D eigenvalue weighted by atomic mass is 10.1. The third-order valence-electron chi connectivity index (χ3n) is 3.56. The summed E-state index contributed by atoms with van der Waals surface area (Å²) in [7, 11) is 1.43. The summed E-state index contributed by atoms with van der Waals surface area (Å²) in [4.78, 5) is 35.7. The van der Waals surface area contributed by atoms with Crippen LogP contribution in [0.3, 0.4) is 0 Å². The lowest BCUT2D eigenvalue weighted by molar-refractivity contribution is -0.147. The zero-order chi connectivity index (χ0) is 18.2. The molecule has 0 aliphatic carbocycles. The van der Waals surface area contributed by atoms with Crippen molar-refractivity contribution in [1.82, 2.24) is 5.32 Å². The molecule has 0 aromatic heterocycles. The largest absolute Gasteiger partial charge is 0.496 e. The molecule has 0 atom stereocenters. The molecular formula is C19H19NO5. The number of benzene rings is 2. The molecule has 6 nitrogen and oxygen atoms in total. The summed E-state index contributed by atoms with van der Waals surface area (Å²) in [6.07, 6.45) is 0.0698. The maximum absolute atomic E-state index is 12.1. The fourth-order valence-electron chi connectivity index (χ4n) is 2.22. The number of imide groups is 1. The Morgan fingerprint density at radius 2 is 1.68 bits per heavy atom. The van der Waals surface area contributed by atoms with Crippen molar-refractivity contribution in [3.63, 3.8) is 0 Å². The van der Waals surface area contributed by atoms with Crippen LogP contribution >= 0.6 is 0 Å². The van der Waals surface area contributed by atoms with E-state index >= 15 is 0 Å². The van der Waals surface area contributed by atoms with Gasteiger partial charge in [-0.25, -0.2) is 0 Å². The molecular weight excluding hydrogens is 322 g/mol. The molecule has 2 aromatic rings. The number of nitrogens with one attached hydrogen (secondary N) is 1. The van der Waals surface area contributed by atoms with Gasteiger partial charge in [0.25, 0.3) is 11.8 Å². The number of carbonyl (C=O) groups excluding carboxylic acids is 3. The molecule has 2 aromatic carbocycles. The minimum absolute atomic E-state index is 0.0698. The lowest BCUT2D eigenvalue weighted by Crippen LogP contribution is -2.34. The number of ether oxygens (including phenoxy) is 2. The highest BCUT2D eigenvalue weighted by atomic mass is 16.5. The topological polar surface area (TPSA) is 81.7 Å². The van der Waals surface area contributed by atoms with Crippen LogP contribution < -0.4 is 10.1 Å². The second-order valence-corrected chi connectivity index (χ2v) is 5.34. The fourth-order valence-corrected chi connectivity index (χ4v) is 2.22. The first-order chi connectivity index (χ1) is 12.0. The predicted molar refractivity (Wildman–Crippen MR) is 91.3 cm³/mol. The first-order valence-electron chi connectivity index (χ1n) is 7.68. The second-order valence-electron chi connectivity index (χ2n) is 5.34. The highest BCUT2D eigenvalue weighted by molar-refractivity contribution is 6.06. The zero-order valence-corrected chi connectivity index (χ0v) is 14.1. The molecule has 1 N–H and O–H groups in total. The molecule has 6 heteroatoms. The van der Waals surface area contributed by atoms with Crippen molar-refractivity contribution in [3.05, 3.63) is 65.2 Å². The Morgan fingerprint density at radius 3 is 2.40 bits per heavy atom. The number of methoxy groups -OCH3 is 1. The molecule has 0 saturated carbocycles. The van der Waals surface area contributed by atoms with Crippen molar-refractivity contribution in [2.45, 2.75) is 13.3 Å². The van der Waals surface area contributed by atoms with Crippen LogP contribution in [0.5, 0.6) is 5.75 Å². The maximum Gasteiger partial charge on any atom is 0.310 e. The zero-order valence-electron chi connectivity index (χ0n) is 14.1. The van der Waals surface area contributed by atoms with Crippen LogP contribution in [0, 0.1) is 6.92 Å². The van der Waals surface area contributed by atoms with E-state index in [-0.39, 0.29) is 12.0 Å². The van der Waals surface area contributed by atoms with Crippen molar-refractivity contribution in [3.8, 4) is 5.75 Å². The fraction of sp³-hybridized carbons (Fsp3) is 0.211. The van der Waals surface area contributed by atoms with E-state index in [1.165, 1.54) is 13.2 Å². The molecule has 0 heterocycles. The van der Waals surface area contributed by atoms with Gasteiger partial charge in [0.05, 0.1) is 19.1 Å².